The molecule has 17 heavy (non-hydrogen) atoms. The Hall–Kier alpha value is -0.620. The van der Waals surface area contributed by atoms with Crippen LogP contribution in [0.2, 0.25) is 0 Å². The van der Waals surface area contributed by atoms with Gasteiger partial charge in [-0.25, -0.2) is 0 Å². The molecule has 3 unspecified atom stereocenters. The predicted molar refractivity (Wildman–Crippen MR) is 57.9 cm³/mol. The molecular formula is C12H18O5. The number of ether oxygens (including phenoxy) is 5. The van der Waals surface area contributed by atoms with Gasteiger partial charge in [-0.15, -0.1) is 0 Å². The Morgan fingerprint density at radius 2 is 1.82 bits per heavy atom. The van der Waals surface area contributed by atoms with Gasteiger partial charge in [0.15, 0.2) is 23.8 Å². The summed E-state index contributed by atoms with van der Waals surface area (Å²) in [7, 11) is 0. The molecule has 1 spiro atoms. The molecular weight excluding hydrogens is 224 g/mol. The van der Waals surface area contributed by atoms with Gasteiger partial charge >= 0.3 is 0 Å². The van der Waals surface area contributed by atoms with Crippen LogP contribution in [0.4, 0.5) is 0 Å². The molecule has 0 saturated carbocycles. The van der Waals surface area contributed by atoms with E-state index in [0.717, 1.165) is 0 Å². The average molecular weight is 242 g/mol. The number of hydrogen-bond acceptors (Lipinski definition) is 5. The quantitative estimate of drug-likeness (QED) is 0.644. The van der Waals surface area contributed by atoms with Crippen molar-refractivity contribution in [2.75, 3.05) is 6.61 Å². The van der Waals surface area contributed by atoms with Crippen molar-refractivity contribution in [3.8, 4) is 0 Å². The molecule has 0 aromatic rings. The molecule has 0 radical (unpaired) electrons. The maximum absolute atomic E-state index is 5.86. The molecule has 3 fully saturated rings. The van der Waals surface area contributed by atoms with Crippen LogP contribution in [0, 0.1) is 0 Å². The minimum Gasteiger partial charge on any atom is -0.459 e. The van der Waals surface area contributed by atoms with Crippen LogP contribution in [0.15, 0.2) is 12.3 Å². The van der Waals surface area contributed by atoms with Gasteiger partial charge in [-0.3, -0.25) is 0 Å². The van der Waals surface area contributed by atoms with Gasteiger partial charge in [0.25, 0.3) is 5.79 Å². The van der Waals surface area contributed by atoms with Crippen LogP contribution < -0.4 is 0 Å². The van der Waals surface area contributed by atoms with Gasteiger partial charge in [-0.1, -0.05) is 6.58 Å². The first-order valence-corrected chi connectivity index (χ1v) is 5.81. The fraction of sp³-hybridized carbons (Fsp3) is 0.833. The Kier molecular flexibility index (Phi) is 2.05. The van der Waals surface area contributed by atoms with E-state index in [1.165, 1.54) is 0 Å². The van der Waals surface area contributed by atoms with E-state index in [1.807, 2.05) is 27.7 Å². The van der Waals surface area contributed by atoms with E-state index in [-0.39, 0.29) is 12.2 Å². The summed E-state index contributed by atoms with van der Waals surface area (Å²) in [4.78, 5) is 0. The second-order valence-electron chi connectivity index (χ2n) is 5.65. The Morgan fingerprint density at radius 1 is 1.12 bits per heavy atom. The minimum absolute atomic E-state index is 0.289. The molecule has 3 aliphatic heterocycles. The molecule has 0 aromatic carbocycles. The first kappa shape index (κ1) is 11.5. The van der Waals surface area contributed by atoms with Crippen molar-refractivity contribution in [2.24, 2.45) is 0 Å². The molecule has 0 N–H and O–H groups in total. The van der Waals surface area contributed by atoms with Gasteiger partial charge in [0, 0.05) is 0 Å². The van der Waals surface area contributed by atoms with Crippen LogP contribution in [0.25, 0.3) is 0 Å². The summed E-state index contributed by atoms with van der Waals surface area (Å²) in [6, 6.07) is 0. The highest BCUT2D eigenvalue weighted by molar-refractivity contribution is 5.15. The molecule has 0 aliphatic carbocycles. The van der Waals surface area contributed by atoms with Gasteiger partial charge in [0.1, 0.15) is 12.4 Å². The highest BCUT2D eigenvalue weighted by atomic mass is 16.9. The Labute approximate surface area is 101 Å². The van der Waals surface area contributed by atoms with E-state index < -0.39 is 17.4 Å². The SMILES string of the molecule is C=C1OC2(COC(C)(C)O2)C2OC(C)(C)OC12. The third-order valence-electron chi connectivity index (χ3n) is 3.19. The summed E-state index contributed by atoms with van der Waals surface area (Å²) in [5.41, 5.74) is 0. The number of rotatable bonds is 0. The zero-order valence-electron chi connectivity index (χ0n) is 10.6. The van der Waals surface area contributed by atoms with Crippen LogP contribution in [0.3, 0.4) is 0 Å². The van der Waals surface area contributed by atoms with Crippen molar-refractivity contribution in [3.63, 3.8) is 0 Å². The molecule has 0 bridgehead atoms. The van der Waals surface area contributed by atoms with Gasteiger partial charge in [-0.2, -0.15) is 0 Å². The van der Waals surface area contributed by atoms with Gasteiger partial charge in [0.05, 0.1) is 0 Å². The summed E-state index contributed by atoms with van der Waals surface area (Å²) in [6.07, 6.45) is -0.616. The number of fused-ring (bicyclic) bond motifs is 2. The highest BCUT2D eigenvalue weighted by Gasteiger charge is 2.66. The standard InChI is InChI=1S/C12H18O5/c1-7-8-9(16-11(4,5)15-8)12(14-7)6-13-10(2,3)17-12/h8-9H,1,6H2,2-5H3. The topological polar surface area (TPSA) is 46.2 Å². The second-order valence-corrected chi connectivity index (χ2v) is 5.65. The lowest BCUT2D eigenvalue weighted by atomic mass is 10.1. The lowest BCUT2D eigenvalue weighted by Gasteiger charge is -2.29. The minimum atomic E-state index is -0.918. The predicted octanol–water partition coefficient (Wildman–Crippen LogP) is 1.53. The maximum Gasteiger partial charge on any atom is 0.265 e. The zero-order valence-corrected chi connectivity index (χ0v) is 10.6. The second kappa shape index (κ2) is 3.03. The molecule has 3 rings (SSSR count). The molecule has 3 aliphatic rings. The molecule has 0 amide bonds. The normalized spacial score (nSPS) is 46.2. The van der Waals surface area contributed by atoms with Crippen molar-refractivity contribution in [1.29, 1.82) is 0 Å². The van der Waals surface area contributed by atoms with Crippen LogP contribution >= 0.6 is 0 Å². The smallest absolute Gasteiger partial charge is 0.265 e. The van der Waals surface area contributed by atoms with E-state index in [2.05, 4.69) is 6.58 Å². The first-order valence-electron chi connectivity index (χ1n) is 5.81. The summed E-state index contributed by atoms with van der Waals surface area (Å²) in [6.45, 7) is 11.6. The summed E-state index contributed by atoms with van der Waals surface area (Å²) in [5.74, 6) is -1.70. The van der Waals surface area contributed by atoms with E-state index in [1.54, 1.807) is 0 Å². The fourth-order valence-electron chi connectivity index (χ4n) is 2.60. The molecule has 96 valence electrons. The van der Waals surface area contributed by atoms with Crippen molar-refractivity contribution >= 4 is 0 Å². The van der Waals surface area contributed by atoms with Gasteiger partial charge in [-0.05, 0) is 27.7 Å². The molecule has 0 aromatic heterocycles. The average Bonchev–Trinajstić information content (AvgIpc) is 2.71. The summed E-state index contributed by atoms with van der Waals surface area (Å²) < 4.78 is 28.8. The lowest BCUT2D eigenvalue weighted by molar-refractivity contribution is -0.275. The molecule has 3 heterocycles. The van der Waals surface area contributed by atoms with Gasteiger partial charge in [0.2, 0.25) is 0 Å². The number of hydrogen-bond donors (Lipinski definition) is 0. The van der Waals surface area contributed by atoms with Crippen LogP contribution in [0.1, 0.15) is 27.7 Å². The lowest BCUT2D eigenvalue weighted by Crippen LogP contribution is -2.46. The summed E-state index contributed by atoms with van der Waals surface area (Å²) >= 11 is 0. The molecule has 5 heteroatoms. The third-order valence-corrected chi connectivity index (χ3v) is 3.19. The zero-order chi connectivity index (χ0) is 12.5. The molecule has 3 saturated heterocycles. The molecule has 5 nitrogen and oxygen atoms in total. The Bertz CT molecular complexity index is 375. The van der Waals surface area contributed by atoms with E-state index in [9.17, 15) is 0 Å². The molecule has 3 atom stereocenters. The third kappa shape index (κ3) is 1.61. The van der Waals surface area contributed by atoms with E-state index in [0.29, 0.717) is 12.4 Å². The van der Waals surface area contributed by atoms with Crippen molar-refractivity contribution in [3.05, 3.63) is 12.3 Å². The highest BCUT2D eigenvalue weighted by Crippen LogP contribution is 2.50. The summed E-state index contributed by atoms with van der Waals surface area (Å²) in [5, 5.41) is 0. The van der Waals surface area contributed by atoms with Crippen molar-refractivity contribution in [2.45, 2.75) is 57.3 Å². The van der Waals surface area contributed by atoms with E-state index >= 15 is 0 Å². The fourth-order valence-corrected chi connectivity index (χ4v) is 2.60. The van der Waals surface area contributed by atoms with Crippen LogP contribution in [0.5, 0.6) is 0 Å². The largest absolute Gasteiger partial charge is 0.459 e. The van der Waals surface area contributed by atoms with E-state index in [4.69, 9.17) is 23.7 Å². The first-order chi connectivity index (χ1) is 7.73. The van der Waals surface area contributed by atoms with Crippen molar-refractivity contribution in [1.82, 2.24) is 0 Å². The van der Waals surface area contributed by atoms with Crippen molar-refractivity contribution < 1.29 is 23.7 Å². The van der Waals surface area contributed by atoms with Crippen LogP contribution in [-0.2, 0) is 23.7 Å². The maximum atomic E-state index is 5.86. The Balaban J connectivity index is 1.91. The van der Waals surface area contributed by atoms with Crippen LogP contribution in [-0.4, -0.2) is 36.2 Å². The van der Waals surface area contributed by atoms with Gasteiger partial charge < -0.3 is 23.7 Å². The monoisotopic (exact) mass is 242 g/mol. The Morgan fingerprint density at radius 3 is 2.41 bits per heavy atom.